The Morgan fingerprint density at radius 1 is 1.20 bits per heavy atom. The molecule has 0 aliphatic rings. The van der Waals surface area contributed by atoms with Crippen LogP contribution < -0.4 is 0 Å². The minimum Gasteiger partial charge on any atom is -0.244 e. The van der Waals surface area contributed by atoms with Gasteiger partial charge in [0.2, 0.25) is 0 Å². The van der Waals surface area contributed by atoms with Crippen LogP contribution in [0.4, 0.5) is 0 Å². The van der Waals surface area contributed by atoms with Crippen LogP contribution in [-0.2, 0) is 6.42 Å². The van der Waals surface area contributed by atoms with Gasteiger partial charge in [0.15, 0.2) is 0 Å². The molecule has 1 nitrogen and oxygen atoms in total. The molecule has 0 saturated carbocycles. The summed E-state index contributed by atoms with van der Waals surface area (Å²) in [7, 11) is 0. The van der Waals surface area contributed by atoms with Gasteiger partial charge in [0, 0.05) is 10.4 Å². The zero-order chi connectivity index (χ0) is 10.8. The van der Waals surface area contributed by atoms with E-state index in [2.05, 4.69) is 44.0 Å². The Morgan fingerprint density at radius 3 is 2.47 bits per heavy atom. The molecule has 1 aromatic heterocycles. The summed E-state index contributed by atoms with van der Waals surface area (Å²) >= 11 is 1.68. The van der Waals surface area contributed by atoms with Gasteiger partial charge < -0.3 is 0 Å². The Labute approximate surface area is 94.8 Å². The summed E-state index contributed by atoms with van der Waals surface area (Å²) in [6.07, 6.45) is 0.812. The van der Waals surface area contributed by atoms with Gasteiger partial charge in [-0.1, -0.05) is 17.2 Å². The van der Waals surface area contributed by atoms with Crippen LogP contribution in [0.5, 0.6) is 0 Å². The van der Waals surface area contributed by atoms with Crippen LogP contribution in [0, 0.1) is 20.8 Å². The SMILES string of the molecule is [CH2]Cc1scnc1-c1cc(C)cc(C)c1. The molecule has 0 fully saturated rings. The van der Waals surface area contributed by atoms with Gasteiger partial charge in [-0.2, -0.15) is 0 Å². The van der Waals surface area contributed by atoms with Crippen molar-refractivity contribution in [2.45, 2.75) is 20.3 Å². The molecule has 0 bridgehead atoms. The number of hydrogen-bond acceptors (Lipinski definition) is 2. The smallest absolute Gasteiger partial charge is 0.0843 e. The second-order valence-corrected chi connectivity index (χ2v) is 4.69. The summed E-state index contributed by atoms with van der Waals surface area (Å²) in [5.74, 6) is 0. The van der Waals surface area contributed by atoms with Crippen molar-refractivity contribution in [3.63, 3.8) is 0 Å². The van der Waals surface area contributed by atoms with E-state index >= 15 is 0 Å². The van der Waals surface area contributed by atoms with Crippen molar-refractivity contribution in [2.75, 3.05) is 0 Å². The van der Waals surface area contributed by atoms with Crippen LogP contribution in [-0.4, -0.2) is 4.98 Å². The first-order valence-corrected chi connectivity index (χ1v) is 5.89. The van der Waals surface area contributed by atoms with Crippen molar-refractivity contribution in [3.8, 4) is 11.3 Å². The van der Waals surface area contributed by atoms with E-state index in [9.17, 15) is 0 Å². The molecule has 0 unspecified atom stereocenters. The van der Waals surface area contributed by atoms with E-state index in [0.717, 1.165) is 12.1 Å². The molecule has 0 atom stereocenters. The van der Waals surface area contributed by atoms with Gasteiger partial charge in [0.25, 0.3) is 0 Å². The lowest BCUT2D eigenvalue weighted by molar-refractivity contribution is 1.28. The van der Waals surface area contributed by atoms with Crippen molar-refractivity contribution >= 4 is 11.3 Å². The second kappa shape index (κ2) is 4.15. The fourth-order valence-corrected chi connectivity index (χ4v) is 2.48. The maximum atomic E-state index is 4.42. The summed E-state index contributed by atoms with van der Waals surface area (Å²) in [5.41, 5.74) is 6.78. The van der Waals surface area contributed by atoms with Crippen LogP contribution in [0.1, 0.15) is 16.0 Å². The number of benzene rings is 1. The lowest BCUT2D eigenvalue weighted by atomic mass is 10.0. The Bertz CT molecular complexity index is 451. The number of thiazole rings is 1. The first kappa shape index (κ1) is 10.4. The summed E-state index contributed by atoms with van der Waals surface area (Å²) < 4.78 is 0. The third-order valence-corrected chi connectivity index (χ3v) is 3.26. The van der Waals surface area contributed by atoms with Gasteiger partial charge in [-0.25, -0.2) is 4.98 Å². The molecule has 1 radical (unpaired) electrons. The molecule has 15 heavy (non-hydrogen) atoms. The highest BCUT2D eigenvalue weighted by atomic mass is 32.1. The van der Waals surface area contributed by atoms with Crippen molar-refractivity contribution in [3.05, 3.63) is 46.6 Å². The Morgan fingerprint density at radius 2 is 1.87 bits per heavy atom. The van der Waals surface area contributed by atoms with E-state index in [1.807, 2.05) is 5.51 Å². The normalized spacial score (nSPS) is 10.6. The molecule has 1 heterocycles. The highest BCUT2D eigenvalue weighted by Gasteiger charge is 2.07. The molecule has 0 N–H and O–H groups in total. The van der Waals surface area contributed by atoms with E-state index in [-0.39, 0.29) is 0 Å². The Hall–Kier alpha value is -1.15. The van der Waals surface area contributed by atoms with E-state index < -0.39 is 0 Å². The molecular formula is C13H14NS. The second-order valence-electron chi connectivity index (χ2n) is 3.75. The fourth-order valence-electron chi connectivity index (χ4n) is 1.79. The standard InChI is InChI=1S/C13H14NS/c1-4-12-13(14-8-15-12)11-6-9(2)5-10(3)7-11/h5-8H,1,4H2,2-3H3. The highest BCUT2D eigenvalue weighted by molar-refractivity contribution is 7.10. The van der Waals surface area contributed by atoms with E-state index in [4.69, 9.17) is 0 Å². The first-order valence-electron chi connectivity index (χ1n) is 5.01. The van der Waals surface area contributed by atoms with Crippen molar-refractivity contribution < 1.29 is 0 Å². The van der Waals surface area contributed by atoms with Crippen LogP contribution in [0.2, 0.25) is 0 Å². The molecule has 1 aromatic carbocycles. The average molecular weight is 216 g/mol. The van der Waals surface area contributed by atoms with E-state index in [0.29, 0.717) is 0 Å². The number of nitrogens with zero attached hydrogens (tertiary/aromatic N) is 1. The number of aromatic nitrogens is 1. The lowest BCUT2D eigenvalue weighted by Crippen LogP contribution is -1.86. The molecule has 77 valence electrons. The maximum Gasteiger partial charge on any atom is 0.0843 e. The van der Waals surface area contributed by atoms with Gasteiger partial charge in [-0.15, -0.1) is 11.3 Å². The van der Waals surface area contributed by atoms with Crippen molar-refractivity contribution in [2.24, 2.45) is 0 Å². The monoisotopic (exact) mass is 216 g/mol. The molecule has 0 aliphatic heterocycles. The Balaban J connectivity index is 2.53. The predicted molar refractivity (Wildman–Crippen MR) is 66.1 cm³/mol. The molecule has 0 amide bonds. The summed E-state index contributed by atoms with van der Waals surface area (Å²) in [6.45, 7) is 8.17. The van der Waals surface area contributed by atoms with Gasteiger partial charge >= 0.3 is 0 Å². The van der Waals surface area contributed by atoms with Crippen molar-refractivity contribution in [1.29, 1.82) is 0 Å². The van der Waals surface area contributed by atoms with Crippen LogP contribution in [0.3, 0.4) is 0 Å². The zero-order valence-electron chi connectivity index (χ0n) is 9.08. The predicted octanol–water partition coefficient (Wildman–Crippen LogP) is 3.80. The third kappa shape index (κ3) is 2.10. The zero-order valence-corrected chi connectivity index (χ0v) is 9.90. The summed E-state index contributed by atoms with van der Waals surface area (Å²) in [4.78, 5) is 5.68. The van der Waals surface area contributed by atoms with Crippen molar-refractivity contribution in [1.82, 2.24) is 4.98 Å². The van der Waals surface area contributed by atoms with Gasteiger partial charge in [-0.05, 0) is 39.3 Å². The molecule has 2 rings (SSSR count). The Kier molecular flexibility index (Phi) is 2.87. The van der Waals surface area contributed by atoms with E-state index in [1.165, 1.54) is 21.6 Å². The molecular weight excluding hydrogens is 202 g/mol. The first-order chi connectivity index (χ1) is 7.20. The average Bonchev–Trinajstić information content (AvgIpc) is 2.63. The highest BCUT2D eigenvalue weighted by Crippen LogP contribution is 2.27. The third-order valence-electron chi connectivity index (χ3n) is 2.36. The quantitative estimate of drug-likeness (QED) is 0.744. The van der Waals surface area contributed by atoms with E-state index in [1.54, 1.807) is 11.3 Å². The molecule has 2 aromatic rings. The minimum atomic E-state index is 0.812. The number of aryl methyl sites for hydroxylation is 2. The molecule has 0 aliphatic carbocycles. The van der Waals surface area contributed by atoms with Crippen LogP contribution in [0.25, 0.3) is 11.3 Å². The van der Waals surface area contributed by atoms with Crippen LogP contribution >= 0.6 is 11.3 Å². The minimum absolute atomic E-state index is 0.812. The lowest BCUT2D eigenvalue weighted by Gasteiger charge is -2.04. The van der Waals surface area contributed by atoms with Crippen LogP contribution in [0.15, 0.2) is 23.7 Å². The van der Waals surface area contributed by atoms with Gasteiger partial charge in [0.05, 0.1) is 11.2 Å². The van der Waals surface area contributed by atoms with Gasteiger partial charge in [-0.3, -0.25) is 0 Å². The summed E-state index contributed by atoms with van der Waals surface area (Å²) in [6, 6.07) is 6.54. The largest absolute Gasteiger partial charge is 0.244 e. The molecule has 0 saturated heterocycles. The number of rotatable bonds is 2. The van der Waals surface area contributed by atoms with Gasteiger partial charge in [0.1, 0.15) is 0 Å². The maximum absolute atomic E-state index is 4.42. The summed E-state index contributed by atoms with van der Waals surface area (Å²) in [5, 5.41) is 0. The number of hydrogen-bond donors (Lipinski definition) is 0. The fraction of sp³-hybridized carbons (Fsp3) is 0.231. The topological polar surface area (TPSA) is 12.9 Å². The molecule has 2 heteroatoms. The molecule has 0 spiro atoms.